The summed E-state index contributed by atoms with van der Waals surface area (Å²) in [7, 11) is 0. The van der Waals surface area contributed by atoms with Gasteiger partial charge >= 0.3 is 0 Å². The van der Waals surface area contributed by atoms with Crippen molar-refractivity contribution in [2.75, 3.05) is 26.2 Å². The number of hydrogen-bond donors (Lipinski definition) is 0. The third-order valence-corrected chi connectivity index (χ3v) is 4.80. The van der Waals surface area contributed by atoms with E-state index >= 15 is 0 Å². The van der Waals surface area contributed by atoms with Crippen LogP contribution in [0.2, 0.25) is 0 Å². The third-order valence-electron chi connectivity index (χ3n) is 4.80. The van der Waals surface area contributed by atoms with Crippen molar-refractivity contribution in [3.8, 4) is 11.3 Å². The number of benzene rings is 1. The molecule has 3 heterocycles. The topological polar surface area (TPSA) is 45.4 Å². The van der Waals surface area contributed by atoms with Crippen molar-refractivity contribution in [2.45, 2.75) is 19.5 Å². The molecule has 0 unspecified atom stereocenters. The van der Waals surface area contributed by atoms with E-state index in [0.29, 0.717) is 0 Å². The van der Waals surface area contributed by atoms with E-state index < -0.39 is 0 Å². The lowest BCUT2D eigenvalue weighted by molar-refractivity contribution is 0.225. The third kappa shape index (κ3) is 4.36. The van der Waals surface area contributed by atoms with Gasteiger partial charge in [-0.1, -0.05) is 41.6 Å². The molecule has 0 radical (unpaired) electrons. The molecule has 0 N–H and O–H groups in total. The summed E-state index contributed by atoms with van der Waals surface area (Å²) in [6.45, 7) is 6.02. The van der Waals surface area contributed by atoms with Gasteiger partial charge < -0.3 is 4.52 Å². The minimum absolute atomic E-state index is 0.817. The lowest BCUT2D eigenvalue weighted by Crippen LogP contribution is -2.30. The van der Waals surface area contributed by atoms with Crippen molar-refractivity contribution in [1.82, 2.24) is 19.9 Å². The molecule has 1 aromatic carbocycles. The fraction of sp³-hybridized carbons (Fsp3) is 0.333. The van der Waals surface area contributed by atoms with E-state index in [1.165, 1.54) is 0 Å². The normalized spacial score (nSPS) is 16.5. The van der Waals surface area contributed by atoms with Crippen molar-refractivity contribution in [3.05, 3.63) is 72.2 Å². The summed E-state index contributed by atoms with van der Waals surface area (Å²) in [6.07, 6.45) is 3.03. The Labute approximate surface area is 154 Å². The summed E-state index contributed by atoms with van der Waals surface area (Å²) in [6, 6.07) is 18.4. The Bertz CT molecular complexity index is 803. The predicted molar refractivity (Wildman–Crippen MR) is 101 cm³/mol. The maximum atomic E-state index is 5.57. The van der Waals surface area contributed by atoms with Gasteiger partial charge in [-0.3, -0.25) is 14.8 Å². The second-order valence-corrected chi connectivity index (χ2v) is 6.77. The van der Waals surface area contributed by atoms with Crippen molar-refractivity contribution in [2.24, 2.45) is 0 Å². The first-order valence-electron chi connectivity index (χ1n) is 9.22. The predicted octanol–water partition coefficient (Wildman–Crippen LogP) is 3.44. The van der Waals surface area contributed by atoms with Crippen LogP contribution in [0.1, 0.15) is 17.9 Å². The molecule has 5 heteroatoms. The Morgan fingerprint density at radius 3 is 2.38 bits per heavy atom. The second-order valence-electron chi connectivity index (χ2n) is 6.77. The SMILES string of the molecule is c1ccc(-c2cc(CN3CCCN(Cc4ccccn4)CC3)on2)cc1. The van der Waals surface area contributed by atoms with Crippen LogP contribution in [0.5, 0.6) is 0 Å². The molecular weight excluding hydrogens is 324 g/mol. The highest BCUT2D eigenvalue weighted by Crippen LogP contribution is 2.20. The molecule has 1 aliphatic rings. The largest absolute Gasteiger partial charge is 0.359 e. The smallest absolute Gasteiger partial charge is 0.151 e. The highest BCUT2D eigenvalue weighted by Gasteiger charge is 2.17. The van der Waals surface area contributed by atoms with Gasteiger partial charge in [-0.2, -0.15) is 0 Å². The first kappa shape index (κ1) is 16.9. The summed E-state index contributed by atoms with van der Waals surface area (Å²) < 4.78 is 5.57. The summed E-state index contributed by atoms with van der Waals surface area (Å²) in [5.41, 5.74) is 3.15. The van der Waals surface area contributed by atoms with Gasteiger partial charge in [0.2, 0.25) is 0 Å². The maximum absolute atomic E-state index is 5.57. The Morgan fingerprint density at radius 2 is 1.62 bits per heavy atom. The molecule has 26 heavy (non-hydrogen) atoms. The Morgan fingerprint density at radius 1 is 0.846 bits per heavy atom. The van der Waals surface area contributed by atoms with Crippen LogP contribution >= 0.6 is 0 Å². The van der Waals surface area contributed by atoms with Gasteiger partial charge in [0.25, 0.3) is 0 Å². The van der Waals surface area contributed by atoms with Gasteiger partial charge in [0, 0.05) is 37.5 Å². The summed E-state index contributed by atoms with van der Waals surface area (Å²) in [5.74, 6) is 0.932. The van der Waals surface area contributed by atoms with Gasteiger partial charge in [0.1, 0.15) is 5.69 Å². The average Bonchev–Trinajstić information content (AvgIpc) is 3.05. The molecule has 3 aromatic rings. The molecule has 0 spiro atoms. The van der Waals surface area contributed by atoms with E-state index in [2.05, 4.69) is 50.3 Å². The number of hydrogen-bond acceptors (Lipinski definition) is 5. The van der Waals surface area contributed by atoms with Crippen molar-refractivity contribution in [1.29, 1.82) is 0 Å². The zero-order valence-corrected chi connectivity index (χ0v) is 14.9. The molecule has 0 amide bonds. The Balaban J connectivity index is 1.33. The second kappa shape index (κ2) is 8.25. The van der Waals surface area contributed by atoms with E-state index in [-0.39, 0.29) is 0 Å². The molecule has 0 aliphatic carbocycles. The molecule has 0 saturated carbocycles. The first-order valence-corrected chi connectivity index (χ1v) is 9.22. The van der Waals surface area contributed by atoms with Crippen LogP contribution in [-0.4, -0.2) is 46.1 Å². The Hall–Kier alpha value is -2.50. The maximum Gasteiger partial charge on any atom is 0.151 e. The minimum atomic E-state index is 0.817. The van der Waals surface area contributed by atoms with Crippen molar-refractivity contribution >= 4 is 0 Å². The van der Waals surface area contributed by atoms with Crippen LogP contribution < -0.4 is 0 Å². The number of aromatic nitrogens is 2. The highest BCUT2D eigenvalue weighted by atomic mass is 16.5. The molecule has 1 fully saturated rings. The molecule has 5 nitrogen and oxygen atoms in total. The fourth-order valence-electron chi connectivity index (χ4n) is 3.41. The number of pyridine rings is 1. The van der Waals surface area contributed by atoms with Crippen LogP contribution in [0.3, 0.4) is 0 Å². The average molecular weight is 348 g/mol. The van der Waals surface area contributed by atoms with Gasteiger partial charge in [0.15, 0.2) is 5.76 Å². The van der Waals surface area contributed by atoms with Crippen LogP contribution in [0.25, 0.3) is 11.3 Å². The van der Waals surface area contributed by atoms with E-state index in [4.69, 9.17) is 4.52 Å². The van der Waals surface area contributed by atoms with E-state index in [0.717, 1.165) is 68.4 Å². The van der Waals surface area contributed by atoms with Gasteiger partial charge in [0.05, 0.1) is 12.2 Å². The number of nitrogens with zero attached hydrogens (tertiary/aromatic N) is 4. The molecular formula is C21H24N4O. The summed E-state index contributed by atoms with van der Waals surface area (Å²) >= 11 is 0. The molecule has 0 atom stereocenters. The van der Waals surface area contributed by atoms with Crippen LogP contribution in [0, 0.1) is 0 Å². The molecule has 0 bridgehead atoms. The van der Waals surface area contributed by atoms with Crippen LogP contribution in [-0.2, 0) is 13.1 Å². The molecule has 134 valence electrons. The zero-order valence-electron chi connectivity index (χ0n) is 14.9. The van der Waals surface area contributed by atoms with Crippen LogP contribution in [0.15, 0.2) is 65.3 Å². The quantitative estimate of drug-likeness (QED) is 0.707. The van der Waals surface area contributed by atoms with E-state index in [1.54, 1.807) is 0 Å². The summed E-state index contributed by atoms with van der Waals surface area (Å²) in [5, 5.41) is 4.23. The zero-order chi connectivity index (χ0) is 17.6. The molecule has 1 aliphatic heterocycles. The van der Waals surface area contributed by atoms with Crippen molar-refractivity contribution in [3.63, 3.8) is 0 Å². The number of rotatable bonds is 5. The van der Waals surface area contributed by atoms with E-state index in [1.807, 2.05) is 30.5 Å². The highest BCUT2D eigenvalue weighted by molar-refractivity contribution is 5.58. The molecule has 1 saturated heterocycles. The standard InChI is InChI=1S/C21H24N4O/c1-2-7-18(8-3-1)21-15-20(26-23-21)17-25-12-6-11-24(13-14-25)16-19-9-4-5-10-22-19/h1-5,7-10,15H,6,11-14,16-17H2. The Kier molecular flexibility index (Phi) is 5.38. The van der Waals surface area contributed by atoms with E-state index in [9.17, 15) is 0 Å². The van der Waals surface area contributed by atoms with Gasteiger partial charge in [-0.25, -0.2) is 0 Å². The minimum Gasteiger partial charge on any atom is -0.359 e. The fourth-order valence-corrected chi connectivity index (χ4v) is 3.41. The molecule has 4 rings (SSSR count). The summed E-state index contributed by atoms with van der Waals surface area (Å²) in [4.78, 5) is 9.38. The lowest BCUT2D eigenvalue weighted by Gasteiger charge is -2.20. The van der Waals surface area contributed by atoms with Crippen LogP contribution in [0.4, 0.5) is 0 Å². The monoisotopic (exact) mass is 348 g/mol. The van der Waals surface area contributed by atoms with Gasteiger partial charge in [-0.05, 0) is 31.6 Å². The van der Waals surface area contributed by atoms with Crippen molar-refractivity contribution < 1.29 is 4.52 Å². The first-order chi connectivity index (χ1) is 12.9. The lowest BCUT2D eigenvalue weighted by atomic mass is 10.1. The van der Waals surface area contributed by atoms with Gasteiger partial charge in [-0.15, -0.1) is 0 Å². The molecule has 2 aromatic heterocycles.